The average molecular weight is 374 g/mol. The summed E-state index contributed by atoms with van der Waals surface area (Å²) < 4.78 is 31.8. The zero-order valence-corrected chi connectivity index (χ0v) is 15.2. The van der Waals surface area contributed by atoms with Crippen molar-refractivity contribution in [2.75, 3.05) is 31.1 Å². The van der Waals surface area contributed by atoms with Gasteiger partial charge >= 0.3 is 0 Å². The first-order valence-corrected chi connectivity index (χ1v) is 9.26. The molecule has 1 fully saturated rings. The van der Waals surface area contributed by atoms with E-state index in [1.807, 2.05) is 0 Å². The van der Waals surface area contributed by atoms with Crippen molar-refractivity contribution in [2.24, 2.45) is 5.92 Å². The Hall–Kier alpha value is -2.63. The van der Waals surface area contributed by atoms with Crippen LogP contribution in [0.5, 0.6) is 5.75 Å². The molecule has 0 saturated carbocycles. The summed E-state index contributed by atoms with van der Waals surface area (Å²) in [5, 5.41) is 2.96. The van der Waals surface area contributed by atoms with E-state index in [0.717, 1.165) is 25.2 Å². The van der Waals surface area contributed by atoms with E-state index in [0.29, 0.717) is 31.9 Å². The Labute approximate surface area is 158 Å². The number of hydrogen-bond donors (Lipinski definition) is 1. The number of para-hydroxylation sites is 1. The summed E-state index contributed by atoms with van der Waals surface area (Å²) in [6.07, 6.45) is 1.88. The van der Waals surface area contributed by atoms with Crippen molar-refractivity contribution in [1.82, 2.24) is 5.32 Å². The molecule has 0 aromatic heterocycles. The smallest absolute Gasteiger partial charge is 0.220 e. The number of nitrogens with one attached hydrogen (secondary N) is 1. The maximum Gasteiger partial charge on any atom is 0.220 e. The first-order chi connectivity index (χ1) is 13.1. The Morgan fingerprint density at radius 2 is 1.93 bits per heavy atom. The molecule has 2 aromatic rings. The lowest BCUT2D eigenvalue weighted by Gasteiger charge is -2.18. The van der Waals surface area contributed by atoms with Crippen molar-refractivity contribution in [3.63, 3.8) is 0 Å². The molecule has 1 heterocycles. The van der Waals surface area contributed by atoms with Crippen LogP contribution in [0.15, 0.2) is 48.5 Å². The Bertz CT molecular complexity index is 752. The summed E-state index contributed by atoms with van der Waals surface area (Å²) >= 11 is 0. The molecule has 6 heteroatoms. The highest BCUT2D eigenvalue weighted by atomic mass is 19.1. The van der Waals surface area contributed by atoms with Crippen molar-refractivity contribution in [3.8, 4) is 5.75 Å². The van der Waals surface area contributed by atoms with Crippen LogP contribution >= 0.6 is 0 Å². The second-order valence-corrected chi connectivity index (χ2v) is 6.76. The standard InChI is InChI=1S/C21H24F2N2O2/c22-17-7-9-18(10-8-17)25-12-11-16(15-25)14-24-21(26)6-3-13-27-20-5-2-1-4-19(20)23/h1-2,4-5,7-10,16H,3,6,11-15H2,(H,24,26). The average Bonchev–Trinajstić information content (AvgIpc) is 3.14. The fraction of sp³-hybridized carbons (Fsp3) is 0.381. The third-order valence-electron chi connectivity index (χ3n) is 4.71. The fourth-order valence-electron chi connectivity index (χ4n) is 3.21. The molecule has 0 aliphatic carbocycles. The van der Waals surface area contributed by atoms with Crippen LogP contribution in [0.1, 0.15) is 19.3 Å². The molecule has 0 bridgehead atoms. The number of carbonyl (C=O) groups is 1. The normalized spacial score (nSPS) is 16.4. The molecule has 3 rings (SSSR count). The predicted octanol–water partition coefficient (Wildman–Crippen LogP) is 3.77. The monoisotopic (exact) mass is 374 g/mol. The quantitative estimate of drug-likeness (QED) is 0.716. The summed E-state index contributed by atoms with van der Waals surface area (Å²) in [6, 6.07) is 12.7. The van der Waals surface area contributed by atoms with E-state index < -0.39 is 5.82 Å². The molecule has 1 unspecified atom stereocenters. The van der Waals surface area contributed by atoms with Crippen LogP contribution in [0.4, 0.5) is 14.5 Å². The van der Waals surface area contributed by atoms with Gasteiger partial charge in [-0.05, 0) is 55.2 Å². The van der Waals surface area contributed by atoms with Gasteiger partial charge in [-0.25, -0.2) is 8.78 Å². The molecule has 144 valence electrons. The van der Waals surface area contributed by atoms with Gasteiger partial charge in [0.1, 0.15) is 5.82 Å². The number of nitrogens with zero attached hydrogens (tertiary/aromatic N) is 1. The van der Waals surface area contributed by atoms with Gasteiger partial charge in [-0.1, -0.05) is 12.1 Å². The van der Waals surface area contributed by atoms with Gasteiger partial charge in [0, 0.05) is 31.7 Å². The van der Waals surface area contributed by atoms with Crippen LogP contribution in [0.25, 0.3) is 0 Å². The van der Waals surface area contributed by atoms with Crippen LogP contribution in [0, 0.1) is 17.6 Å². The Morgan fingerprint density at radius 1 is 1.15 bits per heavy atom. The lowest BCUT2D eigenvalue weighted by molar-refractivity contribution is -0.121. The van der Waals surface area contributed by atoms with Crippen molar-refractivity contribution >= 4 is 11.6 Å². The molecule has 1 aliphatic heterocycles. The number of amides is 1. The first kappa shape index (κ1) is 19.1. The van der Waals surface area contributed by atoms with E-state index in [-0.39, 0.29) is 17.5 Å². The zero-order valence-electron chi connectivity index (χ0n) is 15.2. The number of hydrogen-bond acceptors (Lipinski definition) is 3. The predicted molar refractivity (Wildman–Crippen MR) is 101 cm³/mol. The SMILES string of the molecule is O=C(CCCOc1ccccc1F)NCC1CCN(c2ccc(F)cc2)C1. The third-order valence-corrected chi connectivity index (χ3v) is 4.71. The van der Waals surface area contributed by atoms with Crippen LogP contribution < -0.4 is 15.0 Å². The minimum atomic E-state index is -0.395. The molecule has 0 radical (unpaired) electrons. The Morgan fingerprint density at radius 3 is 2.70 bits per heavy atom. The van der Waals surface area contributed by atoms with Crippen molar-refractivity contribution in [1.29, 1.82) is 0 Å². The largest absolute Gasteiger partial charge is 0.491 e. The molecule has 27 heavy (non-hydrogen) atoms. The molecule has 1 saturated heterocycles. The second-order valence-electron chi connectivity index (χ2n) is 6.76. The number of rotatable bonds is 8. The third kappa shape index (κ3) is 5.67. The molecule has 1 amide bonds. The number of ether oxygens (including phenoxy) is 1. The topological polar surface area (TPSA) is 41.6 Å². The summed E-state index contributed by atoms with van der Waals surface area (Å²) in [5.41, 5.74) is 1.01. The number of carbonyl (C=O) groups excluding carboxylic acids is 1. The van der Waals surface area contributed by atoms with E-state index in [2.05, 4.69) is 10.2 Å². The van der Waals surface area contributed by atoms with E-state index in [9.17, 15) is 13.6 Å². The number of benzene rings is 2. The molecule has 1 N–H and O–H groups in total. The summed E-state index contributed by atoms with van der Waals surface area (Å²) in [7, 11) is 0. The summed E-state index contributed by atoms with van der Waals surface area (Å²) in [6.45, 7) is 2.69. The molecule has 1 atom stereocenters. The number of anilines is 1. The minimum absolute atomic E-state index is 0.0210. The van der Waals surface area contributed by atoms with Gasteiger partial charge in [-0.15, -0.1) is 0 Å². The van der Waals surface area contributed by atoms with Crippen LogP contribution in [0.2, 0.25) is 0 Å². The molecular formula is C21H24F2N2O2. The summed E-state index contributed by atoms with van der Waals surface area (Å²) in [4.78, 5) is 14.2. The summed E-state index contributed by atoms with van der Waals surface area (Å²) in [5.74, 6) is -0.0552. The molecule has 4 nitrogen and oxygen atoms in total. The second kappa shape index (κ2) is 9.35. The van der Waals surface area contributed by atoms with Gasteiger partial charge in [0.15, 0.2) is 11.6 Å². The van der Waals surface area contributed by atoms with E-state index in [4.69, 9.17) is 4.74 Å². The molecule has 2 aromatic carbocycles. The highest BCUT2D eigenvalue weighted by Gasteiger charge is 2.23. The van der Waals surface area contributed by atoms with Gasteiger partial charge in [0.25, 0.3) is 0 Å². The Kier molecular flexibility index (Phi) is 6.63. The van der Waals surface area contributed by atoms with Crippen molar-refractivity contribution in [3.05, 3.63) is 60.2 Å². The van der Waals surface area contributed by atoms with Crippen molar-refractivity contribution in [2.45, 2.75) is 19.3 Å². The van der Waals surface area contributed by atoms with E-state index in [1.165, 1.54) is 18.2 Å². The van der Waals surface area contributed by atoms with Crippen molar-refractivity contribution < 1.29 is 18.3 Å². The lowest BCUT2D eigenvalue weighted by Crippen LogP contribution is -2.31. The molecule has 0 spiro atoms. The highest BCUT2D eigenvalue weighted by Crippen LogP contribution is 2.23. The maximum atomic E-state index is 13.4. The fourth-order valence-corrected chi connectivity index (χ4v) is 3.21. The first-order valence-electron chi connectivity index (χ1n) is 9.26. The molecular weight excluding hydrogens is 350 g/mol. The zero-order chi connectivity index (χ0) is 19.1. The number of halogens is 2. The lowest BCUT2D eigenvalue weighted by atomic mass is 10.1. The van der Waals surface area contributed by atoms with E-state index in [1.54, 1.807) is 30.3 Å². The molecule has 1 aliphatic rings. The van der Waals surface area contributed by atoms with Gasteiger partial charge < -0.3 is 15.0 Å². The van der Waals surface area contributed by atoms with Gasteiger partial charge in [0.05, 0.1) is 6.61 Å². The Balaban J connectivity index is 1.31. The highest BCUT2D eigenvalue weighted by molar-refractivity contribution is 5.75. The maximum absolute atomic E-state index is 13.4. The van der Waals surface area contributed by atoms with Crippen LogP contribution in [-0.4, -0.2) is 32.1 Å². The van der Waals surface area contributed by atoms with Gasteiger partial charge in [0.2, 0.25) is 5.91 Å². The van der Waals surface area contributed by atoms with Gasteiger partial charge in [-0.2, -0.15) is 0 Å². The van der Waals surface area contributed by atoms with Crippen LogP contribution in [0.3, 0.4) is 0 Å². The minimum Gasteiger partial charge on any atom is -0.491 e. The van der Waals surface area contributed by atoms with Crippen LogP contribution in [-0.2, 0) is 4.79 Å². The van der Waals surface area contributed by atoms with Gasteiger partial charge in [-0.3, -0.25) is 4.79 Å². The van der Waals surface area contributed by atoms with E-state index >= 15 is 0 Å².